The molecular weight excluding hydrogens is 547 g/mol. The Balaban J connectivity index is 1.21. The number of nitrogens with one attached hydrogen (secondary N) is 2. The highest BCUT2D eigenvalue weighted by Crippen LogP contribution is 2.36. The average molecular weight is 584 g/mol. The maximum Gasteiger partial charge on any atom is 0.416 e. The van der Waals surface area contributed by atoms with Gasteiger partial charge in [-0.3, -0.25) is 20.0 Å². The first-order valence-corrected chi connectivity index (χ1v) is 14.1. The lowest BCUT2D eigenvalue weighted by molar-refractivity contribution is -0.137. The molecule has 1 aromatic heterocycles. The highest BCUT2D eigenvalue weighted by atomic mass is 19.4. The van der Waals surface area contributed by atoms with E-state index in [9.17, 15) is 22.8 Å². The van der Waals surface area contributed by atoms with Gasteiger partial charge in [-0.2, -0.15) is 13.2 Å². The number of ether oxygens (including phenoxy) is 1. The van der Waals surface area contributed by atoms with E-state index in [1.54, 1.807) is 17.0 Å². The number of amides is 3. The fourth-order valence-electron chi connectivity index (χ4n) is 5.75. The van der Waals surface area contributed by atoms with Gasteiger partial charge in [0.25, 0.3) is 0 Å². The zero-order valence-corrected chi connectivity index (χ0v) is 24.2. The van der Waals surface area contributed by atoms with Crippen LogP contribution < -0.4 is 15.4 Å². The summed E-state index contributed by atoms with van der Waals surface area (Å²) in [7, 11) is 0. The fourth-order valence-corrected chi connectivity index (χ4v) is 5.75. The first kappa shape index (κ1) is 29.6. The van der Waals surface area contributed by atoms with Crippen LogP contribution in [-0.4, -0.2) is 65.0 Å². The Morgan fingerprint density at radius 2 is 1.81 bits per heavy atom. The van der Waals surface area contributed by atoms with E-state index in [0.717, 1.165) is 35.2 Å². The number of hydrogen-bond acceptors (Lipinski definition) is 6. The molecule has 0 saturated carbocycles. The number of halogens is 3. The minimum atomic E-state index is -4.54. The molecule has 0 radical (unpaired) electrons. The second-order valence-electron chi connectivity index (χ2n) is 12.3. The molecular formula is C31H36F3N5O3. The summed E-state index contributed by atoms with van der Waals surface area (Å²) in [5.41, 5.74) is 1.39. The minimum Gasteiger partial charge on any atom is -0.492 e. The summed E-state index contributed by atoms with van der Waals surface area (Å²) in [6, 6.07) is 12.6. The zero-order valence-electron chi connectivity index (χ0n) is 24.2. The molecule has 11 heteroatoms. The van der Waals surface area contributed by atoms with Crippen LogP contribution in [-0.2, 0) is 11.0 Å². The van der Waals surface area contributed by atoms with E-state index in [-0.39, 0.29) is 53.9 Å². The van der Waals surface area contributed by atoms with Crippen molar-refractivity contribution >= 4 is 34.2 Å². The van der Waals surface area contributed by atoms with E-state index >= 15 is 0 Å². The highest BCUT2D eigenvalue weighted by molar-refractivity contribution is 5.95. The van der Waals surface area contributed by atoms with Gasteiger partial charge in [0.05, 0.1) is 11.1 Å². The molecule has 3 heterocycles. The Morgan fingerprint density at radius 3 is 2.50 bits per heavy atom. The molecule has 2 aliphatic rings. The van der Waals surface area contributed by atoms with Gasteiger partial charge in [-0.15, -0.1) is 0 Å². The standard InChI is InChI=1S/C31H36F3N5O3/c1-19-11-27(25-7-5-6-8-26(25)35-19)36-21-12-20(31(32,33)34)13-24(14-21)42-10-9-38-17-23-15-22(38)18-39(23)29(41)37-28(40)16-30(2,3)4/h5-8,11-14,22-23H,9-10,15-18H2,1-4H3,(H,35,36)(H,37,40,41). The lowest BCUT2D eigenvalue weighted by Crippen LogP contribution is -2.53. The number of aromatic nitrogens is 1. The maximum absolute atomic E-state index is 13.8. The van der Waals surface area contributed by atoms with Gasteiger partial charge >= 0.3 is 12.2 Å². The molecule has 2 N–H and O–H groups in total. The van der Waals surface area contributed by atoms with Gasteiger partial charge in [-0.05, 0) is 43.0 Å². The predicted octanol–water partition coefficient (Wildman–Crippen LogP) is 6.12. The summed E-state index contributed by atoms with van der Waals surface area (Å²) in [6.45, 7) is 9.47. The Bertz CT molecular complexity index is 1490. The average Bonchev–Trinajstić information content (AvgIpc) is 3.48. The number of fused-ring (bicyclic) bond motifs is 3. The zero-order chi connectivity index (χ0) is 30.2. The van der Waals surface area contributed by atoms with Crippen molar-refractivity contribution in [3.63, 3.8) is 0 Å². The van der Waals surface area contributed by atoms with E-state index in [4.69, 9.17) is 4.74 Å². The molecule has 42 heavy (non-hydrogen) atoms. The third kappa shape index (κ3) is 6.95. The van der Waals surface area contributed by atoms with Crippen molar-refractivity contribution in [3.8, 4) is 5.75 Å². The maximum atomic E-state index is 13.8. The van der Waals surface area contributed by atoms with Gasteiger partial charge in [-0.1, -0.05) is 39.0 Å². The number of para-hydroxylation sites is 1. The molecule has 2 unspecified atom stereocenters. The number of carbonyl (C=O) groups excluding carboxylic acids is 2. The predicted molar refractivity (Wildman–Crippen MR) is 155 cm³/mol. The lowest BCUT2D eigenvalue weighted by Gasteiger charge is -2.34. The molecule has 0 aliphatic carbocycles. The summed E-state index contributed by atoms with van der Waals surface area (Å²) < 4.78 is 47.2. The Labute approximate surface area is 243 Å². The van der Waals surface area contributed by atoms with Gasteiger partial charge in [0.15, 0.2) is 0 Å². The largest absolute Gasteiger partial charge is 0.492 e. The molecule has 224 valence electrons. The molecule has 3 amide bonds. The number of pyridine rings is 1. The second kappa shape index (κ2) is 11.4. The van der Waals surface area contributed by atoms with Crippen LogP contribution in [0.25, 0.3) is 10.9 Å². The summed E-state index contributed by atoms with van der Waals surface area (Å²) in [5.74, 6) is -0.173. The van der Waals surface area contributed by atoms with E-state index in [1.165, 1.54) is 0 Å². The summed E-state index contributed by atoms with van der Waals surface area (Å²) in [6.07, 6.45) is -3.49. The summed E-state index contributed by atoms with van der Waals surface area (Å²) in [4.78, 5) is 33.2. The Morgan fingerprint density at radius 1 is 1.05 bits per heavy atom. The van der Waals surface area contributed by atoms with Crippen molar-refractivity contribution in [2.45, 2.75) is 58.8 Å². The van der Waals surface area contributed by atoms with Gasteiger partial charge in [-0.25, -0.2) is 4.79 Å². The van der Waals surface area contributed by atoms with Gasteiger partial charge in [0.1, 0.15) is 12.4 Å². The first-order chi connectivity index (χ1) is 19.7. The quantitative estimate of drug-likeness (QED) is 0.349. The summed E-state index contributed by atoms with van der Waals surface area (Å²) in [5, 5.41) is 6.44. The topological polar surface area (TPSA) is 86.8 Å². The molecule has 2 bridgehead atoms. The summed E-state index contributed by atoms with van der Waals surface area (Å²) >= 11 is 0. The van der Waals surface area contributed by atoms with Crippen molar-refractivity contribution in [3.05, 3.63) is 59.8 Å². The fraction of sp³-hybridized carbons (Fsp3) is 0.452. The van der Waals surface area contributed by atoms with Crippen LogP contribution in [0.4, 0.5) is 29.3 Å². The molecule has 3 aromatic rings. The number of alkyl halides is 3. The van der Waals surface area contributed by atoms with Crippen LogP contribution in [0.5, 0.6) is 5.75 Å². The number of hydrogen-bond donors (Lipinski definition) is 2. The first-order valence-electron chi connectivity index (χ1n) is 14.1. The van der Waals surface area contributed by atoms with Crippen molar-refractivity contribution < 1.29 is 27.5 Å². The van der Waals surface area contributed by atoms with Crippen LogP contribution in [0.15, 0.2) is 48.5 Å². The molecule has 2 fully saturated rings. The van der Waals surface area contributed by atoms with Crippen molar-refractivity contribution in [2.75, 3.05) is 31.6 Å². The number of piperazine rings is 1. The molecule has 2 saturated heterocycles. The SMILES string of the molecule is Cc1cc(Nc2cc(OCCN3CC4CC3CN4C(=O)NC(=O)CC(C)(C)C)cc(C(F)(F)F)c2)c2ccccc2n1. The lowest BCUT2D eigenvalue weighted by atomic mass is 9.92. The van der Waals surface area contributed by atoms with E-state index < -0.39 is 11.7 Å². The molecule has 0 spiro atoms. The smallest absolute Gasteiger partial charge is 0.416 e. The van der Waals surface area contributed by atoms with E-state index in [1.807, 2.05) is 52.0 Å². The van der Waals surface area contributed by atoms with Crippen molar-refractivity contribution in [1.82, 2.24) is 20.1 Å². The third-order valence-electron chi connectivity index (χ3n) is 7.56. The molecule has 2 aliphatic heterocycles. The Hall–Kier alpha value is -3.86. The highest BCUT2D eigenvalue weighted by Gasteiger charge is 2.45. The van der Waals surface area contributed by atoms with Crippen LogP contribution in [0.1, 0.15) is 44.9 Å². The van der Waals surface area contributed by atoms with Crippen LogP contribution in [0, 0.1) is 12.3 Å². The normalized spacial score (nSPS) is 18.9. The monoisotopic (exact) mass is 583 g/mol. The number of benzene rings is 2. The van der Waals surface area contributed by atoms with Crippen molar-refractivity contribution in [1.29, 1.82) is 0 Å². The van der Waals surface area contributed by atoms with E-state index in [2.05, 4.69) is 20.5 Å². The number of rotatable bonds is 7. The number of likely N-dealkylation sites (tertiary alicyclic amines) is 2. The van der Waals surface area contributed by atoms with Gasteiger partial charge in [0.2, 0.25) is 5.91 Å². The number of urea groups is 1. The Kier molecular flexibility index (Phi) is 8.06. The number of nitrogens with zero attached hydrogens (tertiary/aromatic N) is 3. The molecule has 8 nitrogen and oxygen atoms in total. The molecule has 5 rings (SSSR count). The van der Waals surface area contributed by atoms with Crippen LogP contribution in [0.2, 0.25) is 0 Å². The third-order valence-corrected chi connectivity index (χ3v) is 7.56. The van der Waals surface area contributed by atoms with Gasteiger partial charge < -0.3 is 15.0 Å². The van der Waals surface area contributed by atoms with Crippen LogP contribution in [0.3, 0.4) is 0 Å². The molecule has 2 atom stereocenters. The number of anilines is 2. The number of imide groups is 1. The van der Waals surface area contributed by atoms with Gasteiger partial charge in [0, 0.05) is 66.7 Å². The number of carbonyl (C=O) groups is 2. The van der Waals surface area contributed by atoms with Crippen LogP contribution >= 0.6 is 0 Å². The number of aryl methyl sites for hydroxylation is 1. The van der Waals surface area contributed by atoms with E-state index in [0.29, 0.717) is 25.3 Å². The second-order valence-corrected chi connectivity index (χ2v) is 12.3. The molecule has 2 aromatic carbocycles. The van der Waals surface area contributed by atoms with Crippen molar-refractivity contribution in [2.24, 2.45) is 5.41 Å². The minimum absolute atomic E-state index is 0.0135.